The third-order valence-electron chi connectivity index (χ3n) is 7.86. The number of carbonyl (C=O) groups is 3. The zero-order chi connectivity index (χ0) is 29.1. The molecular formula is C28H27ClN10O3. The molecule has 3 fully saturated rings. The molecule has 13 nitrogen and oxygen atoms in total. The maximum atomic E-state index is 12.9. The van der Waals surface area contributed by atoms with Crippen molar-refractivity contribution < 1.29 is 14.4 Å². The lowest BCUT2D eigenvalue weighted by Gasteiger charge is -2.17. The highest BCUT2D eigenvalue weighted by molar-refractivity contribution is 6.32. The molecule has 3 aliphatic rings. The Hall–Kier alpha value is -4.65. The van der Waals surface area contributed by atoms with E-state index in [9.17, 15) is 14.4 Å². The monoisotopic (exact) mass is 586 g/mol. The fourth-order valence-electron chi connectivity index (χ4n) is 5.24. The van der Waals surface area contributed by atoms with Crippen LogP contribution in [-0.2, 0) is 16.1 Å². The molecule has 2 N–H and O–H groups in total. The second kappa shape index (κ2) is 10.0. The van der Waals surface area contributed by atoms with Crippen molar-refractivity contribution in [2.75, 3.05) is 29.1 Å². The van der Waals surface area contributed by atoms with Crippen molar-refractivity contribution >= 4 is 52.3 Å². The summed E-state index contributed by atoms with van der Waals surface area (Å²) in [5.41, 5.74) is 4.33. The number of urea groups is 1. The van der Waals surface area contributed by atoms with E-state index in [1.54, 1.807) is 12.3 Å². The summed E-state index contributed by atoms with van der Waals surface area (Å²) in [5.74, 6) is 0.708. The van der Waals surface area contributed by atoms with Crippen LogP contribution >= 0.6 is 11.6 Å². The number of anilines is 3. The van der Waals surface area contributed by atoms with Crippen LogP contribution in [0.25, 0.3) is 5.65 Å². The Morgan fingerprint density at radius 1 is 1.14 bits per heavy atom. The molecule has 2 saturated carbocycles. The fourth-order valence-corrected chi connectivity index (χ4v) is 5.40. The van der Waals surface area contributed by atoms with E-state index in [1.165, 1.54) is 11.9 Å². The van der Waals surface area contributed by atoms with Crippen LogP contribution in [-0.4, -0.2) is 65.9 Å². The van der Waals surface area contributed by atoms with Crippen LogP contribution in [0.3, 0.4) is 0 Å². The first kappa shape index (κ1) is 26.3. The minimum absolute atomic E-state index is 0.0162. The number of rotatable bonds is 8. The van der Waals surface area contributed by atoms with E-state index in [0.29, 0.717) is 47.4 Å². The average molecular weight is 587 g/mol. The van der Waals surface area contributed by atoms with Crippen LogP contribution in [0.1, 0.15) is 53.9 Å². The van der Waals surface area contributed by atoms with E-state index in [1.807, 2.05) is 35.9 Å². The summed E-state index contributed by atoms with van der Waals surface area (Å²) in [5, 5.41) is 14.2. The lowest BCUT2D eigenvalue weighted by Crippen LogP contribution is -2.30. The van der Waals surface area contributed by atoms with Crippen molar-refractivity contribution in [3.05, 3.63) is 64.7 Å². The number of hydrogen-bond acceptors (Lipinski definition) is 9. The standard InChI is InChI=1S/C28H27ClN10O3/c1-14-5-6-30-25(32-14)18-8-19(18)27(41)34-22-9-20(24(29)36-35-22)31-10-17-12-38-11-16(15-3-4-15)7-21(26(38)33-17)39-13-23(40)37(2)28(39)42/h5-7,9,11-12,15,18-19H,3-4,8,10,13H2,1-2H3,(H2,31,34,35,41)/t18-,19-/m0/s1. The first-order chi connectivity index (χ1) is 20.2. The molecule has 2 atom stereocenters. The molecule has 7 rings (SSSR count). The van der Waals surface area contributed by atoms with E-state index < -0.39 is 0 Å². The second-order valence-electron chi connectivity index (χ2n) is 11.0. The van der Waals surface area contributed by atoms with Crippen molar-refractivity contribution in [1.82, 2.24) is 34.4 Å². The van der Waals surface area contributed by atoms with Gasteiger partial charge in [0, 0.05) is 49.2 Å². The van der Waals surface area contributed by atoms with E-state index in [0.717, 1.165) is 29.0 Å². The molecule has 5 heterocycles. The Kier molecular flexibility index (Phi) is 6.26. The molecule has 1 saturated heterocycles. The first-order valence-electron chi connectivity index (χ1n) is 13.7. The van der Waals surface area contributed by atoms with E-state index in [-0.39, 0.29) is 47.2 Å². The van der Waals surface area contributed by atoms with E-state index in [2.05, 4.69) is 30.8 Å². The van der Waals surface area contributed by atoms with Crippen LogP contribution in [0.15, 0.2) is 36.8 Å². The molecular weight excluding hydrogens is 560 g/mol. The number of imidazole rings is 1. The third-order valence-corrected chi connectivity index (χ3v) is 8.14. The lowest BCUT2D eigenvalue weighted by molar-refractivity contribution is -0.124. The Bertz CT molecular complexity index is 1770. The number of imide groups is 1. The van der Waals surface area contributed by atoms with Crippen LogP contribution in [0.4, 0.5) is 22.0 Å². The van der Waals surface area contributed by atoms with Gasteiger partial charge in [-0.05, 0) is 49.8 Å². The summed E-state index contributed by atoms with van der Waals surface area (Å²) in [4.78, 5) is 54.0. The molecule has 4 amide bonds. The van der Waals surface area contributed by atoms with Gasteiger partial charge in [-0.15, -0.1) is 10.2 Å². The largest absolute Gasteiger partial charge is 0.377 e. The summed E-state index contributed by atoms with van der Waals surface area (Å²) < 4.78 is 1.90. The van der Waals surface area contributed by atoms with Crippen molar-refractivity contribution in [3.8, 4) is 0 Å². The van der Waals surface area contributed by atoms with Crippen LogP contribution < -0.4 is 15.5 Å². The van der Waals surface area contributed by atoms with Gasteiger partial charge in [0.1, 0.15) is 12.4 Å². The molecule has 214 valence electrons. The molecule has 0 radical (unpaired) electrons. The molecule has 4 aromatic heterocycles. The van der Waals surface area contributed by atoms with Gasteiger partial charge >= 0.3 is 6.03 Å². The SMILES string of the molecule is Cc1ccnc([C@H]2C[C@@H]2C(=O)Nc2cc(NCc3cn4cc(C5CC5)cc(N5CC(=O)N(C)C5=O)c4n3)c(Cl)nn2)n1. The summed E-state index contributed by atoms with van der Waals surface area (Å²) in [6.45, 7) is 2.17. The second-order valence-corrected chi connectivity index (χ2v) is 11.4. The molecule has 0 unspecified atom stereocenters. The number of hydrogen-bond donors (Lipinski definition) is 2. The number of pyridine rings is 1. The number of halogens is 1. The maximum Gasteiger partial charge on any atom is 0.331 e. The van der Waals surface area contributed by atoms with E-state index in [4.69, 9.17) is 16.6 Å². The maximum absolute atomic E-state index is 12.9. The minimum atomic E-state index is -0.370. The Morgan fingerprint density at radius 2 is 1.98 bits per heavy atom. The zero-order valence-electron chi connectivity index (χ0n) is 22.9. The van der Waals surface area contributed by atoms with Crippen LogP contribution in [0.5, 0.6) is 0 Å². The van der Waals surface area contributed by atoms with Gasteiger partial charge in [-0.3, -0.25) is 19.4 Å². The third kappa shape index (κ3) is 4.89. The van der Waals surface area contributed by atoms with Gasteiger partial charge in [-0.25, -0.2) is 19.7 Å². The molecule has 14 heteroatoms. The molecule has 4 aromatic rings. The van der Waals surface area contributed by atoms with E-state index >= 15 is 0 Å². The average Bonchev–Trinajstić information content (AvgIpc) is 3.90. The minimum Gasteiger partial charge on any atom is -0.377 e. The van der Waals surface area contributed by atoms with Crippen molar-refractivity contribution in [3.63, 3.8) is 0 Å². The number of carbonyl (C=O) groups excluding carboxylic acids is 3. The van der Waals surface area contributed by atoms with Gasteiger partial charge in [0.15, 0.2) is 16.6 Å². The van der Waals surface area contributed by atoms with Gasteiger partial charge in [-0.2, -0.15) is 0 Å². The molecule has 1 aliphatic heterocycles. The smallest absolute Gasteiger partial charge is 0.331 e. The Morgan fingerprint density at radius 3 is 2.71 bits per heavy atom. The lowest BCUT2D eigenvalue weighted by atomic mass is 10.1. The molecule has 0 aromatic carbocycles. The Balaban J connectivity index is 1.07. The number of aromatic nitrogens is 6. The highest BCUT2D eigenvalue weighted by Crippen LogP contribution is 2.46. The Labute approximate surface area is 245 Å². The summed E-state index contributed by atoms with van der Waals surface area (Å²) in [6.07, 6.45) is 8.47. The van der Waals surface area contributed by atoms with Crippen LogP contribution in [0.2, 0.25) is 5.15 Å². The number of likely N-dealkylation sites (N-methyl/N-ethyl adjacent to an activating group) is 1. The van der Waals surface area contributed by atoms with Gasteiger partial charge in [0.05, 0.1) is 23.6 Å². The van der Waals surface area contributed by atoms with Gasteiger partial charge in [-0.1, -0.05) is 11.6 Å². The normalized spacial score (nSPS) is 20.0. The number of nitrogens with one attached hydrogen (secondary N) is 2. The van der Waals surface area contributed by atoms with Crippen molar-refractivity contribution in [2.24, 2.45) is 5.92 Å². The van der Waals surface area contributed by atoms with Gasteiger partial charge < -0.3 is 15.0 Å². The summed E-state index contributed by atoms with van der Waals surface area (Å²) in [6, 6.07) is 5.05. The fraction of sp³-hybridized carbons (Fsp3) is 0.357. The highest BCUT2D eigenvalue weighted by Gasteiger charge is 2.46. The highest BCUT2D eigenvalue weighted by atomic mass is 35.5. The predicted octanol–water partition coefficient (Wildman–Crippen LogP) is 3.51. The summed E-state index contributed by atoms with van der Waals surface area (Å²) in [7, 11) is 1.48. The van der Waals surface area contributed by atoms with Crippen molar-refractivity contribution in [1.29, 1.82) is 0 Å². The molecule has 2 aliphatic carbocycles. The predicted molar refractivity (Wildman–Crippen MR) is 153 cm³/mol. The zero-order valence-corrected chi connectivity index (χ0v) is 23.7. The molecule has 42 heavy (non-hydrogen) atoms. The quantitative estimate of drug-likeness (QED) is 0.296. The number of aryl methyl sites for hydroxylation is 1. The van der Waals surface area contributed by atoms with Gasteiger partial charge in [0.2, 0.25) is 11.8 Å². The first-order valence-corrected chi connectivity index (χ1v) is 14.1. The molecule has 0 spiro atoms. The topological polar surface area (TPSA) is 151 Å². The van der Waals surface area contributed by atoms with Gasteiger partial charge in [0.25, 0.3) is 0 Å². The van der Waals surface area contributed by atoms with Crippen molar-refractivity contribution in [2.45, 2.75) is 44.6 Å². The number of amides is 4. The number of fused-ring (bicyclic) bond motifs is 1. The molecule has 0 bridgehead atoms. The van der Waals surface area contributed by atoms with Crippen LogP contribution in [0, 0.1) is 12.8 Å². The number of nitrogens with zero attached hydrogens (tertiary/aromatic N) is 8. The summed E-state index contributed by atoms with van der Waals surface area (Å²) >= 11 is 6.32.